The number of aromatic nitrogens is 1. The number of rotatable bonds is 4. The molecule has 122 valence electrons. The largest absolute Gasteiger partial charge is 0.351 e. The monoisotopic (exact) mass is 333 g/mol. The molecule has 0 unspecified atom stereocenters. The molecule has 0 aliphatic carbocycles. The molecule has 0 bridgehead atoms. The molecule has 0 saturated carbocycles. The van der Waals surface area contributed by atoms with Crippen LogP contribution in [0.25, 0.3) is 0 Å². The molecular weight excluding hydrogens is 314 g/mol. The maximum atomic E-state index is 12.5. The van der Waals surface area contributed by atoms with E-state index in [2.05, 4.69) is 10.0 Å². The molecule has 6 nitrogen and oxygen atoms in total. The number of carbonyl (C=O) groups excluding carboxylic acids is 1. The lowest BCUT2D eigenvalue weighted by atomic mass is 10.0. The number of benzene rings is 1. The van der Waals surface area contributed by atoms with Crippen LogP contribution in [0, 0.1) is 6.92 Å². The first-order chi connectivity index (χ1) is 10.8. The van der Waals surface area contributed by atoms with Crippen molar-refractivity contribution < 1.29 is 13.2 Å². The van der Waals surface area contributed by atoms with Gasteiger partial charge in [0.1, 0.15) is 0 Å². The predicted octanol–water partition coefficient (Wildman–Crippen LogP) is 1.87. The third-order valence-electron chi connectivity index (χ3n) is 4.37. The van der Waals surface area contributed by atoms with Gasteiger partial charge in [-0.25, -0.2) is 13.1 Å². The Kier molecular flexibility index (Phi) is 3.77. The fourth-order valence-electron chi connectivity index (χ4n) is 2.66. The number of hydrogen-bond acceptors (Lipinski definition) is 3. The Bertz CT molecular complexity index is 884. The van der Waals surface area contributed by atoms with Crippen LogP contribution in [0.5, 0.6) is 0 Å². The summed E-state index contributed by atoms with van der Waals surface area (Å²) in [5.41, 5.74) is 3.35. The zero-order chi connectivity index (χ0) is 16.8. The number of carbonyl (C=O) groups is 1. The van der Waals surface area contributed by atoms with Gasteiger partial charge >= 0.3 is 0 Å². The first kappa shape index (κ1) is 15.8. The molecule has 0 spiro atoms. The molecule has 1 aromatic heterocycles. The van der Waals surface area contributed by atoms with Gasteiger partial charge in [0.05, 0.1) is 17.4 Å². The van der Waals surface area contributed by atoms with E-state index in [4.69, 9.17) is 0 Å². The van der Waals surface area contributed by atoms with Gasteiger partial charge in [0.15, 0.2) is 0 Å². The minimum atomic E-state index is -3.63. The molecule has 1 aliphatic heterocycles. The first-order valence-electron chi connectivity index (χ1n) is 7.35. The van der Waals surface area contributed by atoms with E-state index in [0.29, 0.717) is 11.3 Å². The smallest absolute Gasteiger partial charge is 0.240 e. The lowest BCUT2D eigenvalue weighted by Gasteiger charge is -2.10. The maximum Gasteiger partial charge on any atom is 0.240 e. The molecular formula is C16H19N3O3S. The SMILES string of the molecule is Cc1ccc(CNS(=O)(=O)c2ccc3c(c2)[C@@H](C)C(=O)N3)n1C. The molecule has 2 heterocycles. The average molecular weight is 333 g/mol. The Morgan fingerprint density at radius 2 is 2.00 bits per heavy atom. The summed E-state index contributed by atoms with van der Waals surface area (Å²) in [6.07, 6.45) is 0. The Morgan fingerprint density at radius 1 is 1.26 bits per heavy atom. The fourth-order valence-corrected chi connectivity index (χ4v) is 3.69. The average Bonchev–Trinajstić information content (AvgIpc) is 2.98. The molecule has 0 radical (unpaired) electrons. The highest BCUT2D eigenvalue weighted by molar-refractivity contribution is 7.89. The zero-order valence-electron chi connectivity index (χ0n) is 13.3. The molecule has 23 heavy (non-hydrogen) atoms. The zero-order valence-corrected chi connectivity index (χ0v) is 14.1. The van der Waals surface area contributed by atoms with Gasteiger partial charge in [0.25, 0.3) is 0 Å². The topological polar surface area (TPSA) is 80.2 Å². The van der Waals surface area contributed by atoms with Crippen molar-refractivity contribution in [3.63, 3.8) is 0 Å². The van der Waals surface area contributed by atoms with Crippen molar-refractivity contribution in [1.29, 1.82) is 0 Å². The third-order valence-corrected chi connectivity index (χ3v) is 5.77. The second-order valence-electron chi connectivity index (χ2n) is 5.81. The van der Waals surface area contributed by atoms with Crippen molar-refractivity contribution in [2.24, 2.45) is 7.05 Å². The van der Waals surface area contributed by atoms with Crippen molar-refractivity contribution in [2.45, 2.75) is 31.2 Å². The normalized spacial score (nSPS) is 17.2. The van der Waals surface area contributed by atoms with E-state index in [1.165, 1.54) is 6.07 Å². The van der Waals surface area contributed by atoms with Crippen LogP contribution in [0.2, 0.25) is 0 Å². The minimum Gasteiger partial charge on any atom is -0.351 e. The second-order valence-corrected chi connectivity index (χ2v) is 7.58. The highest BCUT2D eigenvalue weighted by atomic mass is 32.2. The van der Waals surface area contributed by atoms with E-state index in [-0.39, 0.29) is 23.3 Å². The Hall–Kier alpha value is -2.12. The lowest BCUT2D eigenvalue weighted by Crippen LogP contribution is -2.24. The van der Waals surface area contributed by atoms with Crippen LogP contribution >= 0.6 is 0 Å². The van der Waals surface area contributed by atoms with Crippen molar-refractivity contribution in [3.8, 4) is 0 Å². The summed E-state index contributed by atoms with van der Waals surface area (Å²) < 4.78 is 29.5. The quantitative estimate of drug-likeness (QED) is 0.896. The lowest BCUT2D eigenvalue weighted by molar-refractivity contribution is -0.116. The number of nitrogens with zero attached hydrogens (tertiary/aromatic N) is 1. The summed E-state index contributed by atoms with van der Waals surface area (Å²) in [5.74, 6) is -0.447. The molecule has 0 saturated heterocycles. The van der Waals surface area contributed by atoms with E-state index in [1.807, 2.05) is 30.7 Å². The number of anilines is 1. The number of aryl methyl sites for hydroxylation is 1. The Balaban J connectivity index is 1.83. The van der Waals surface area contributed by atoms with Crippen molar-refractivity contribution in [2.75, 3.05) is 5.32 Å². The van der Waals surface area contributed by atoms with Crippen LogP contribution in [0.4, 0.5) is 5.69 Å². The highest BCUT2D eigenvalue weighted by Crippen LogP contribution is 2.33. The molecule has 3 rings (SSSR count). The van der Waals surface area contributed by atoms with Gasteiger partial charge in [-0.2, -0.15) is 0 Å². The van der Waals surface area contributed by atoms with Gasteiger partial charge < -0.3 is 9.88 Å². The fraction of sp³-hybridized carbons (Fsp3) is 0.312. The predicted molar refractivity (Wildman–Crippen MR) is 87.7 cm³/mol. The van der Waals surface area contributed by atoms with E-state index in [1.54, 1.807) is 19.1 Å². The van der Waals surface area contributed by atoms with Crippen LogP contribution in [-0.4, -0.2) is 18.9 Å². The summed E-state index contributed by atoms with van der Waals surface area (Å²) in [7, 11) is -1.73. The van der Waals surface area contributed by atoms with E-state index < -0.39 is 10.0 Å². The number of amides is 1. The summed E-state index contributed by atoms with van der Waals surface area (Å²) in [6.45, 7) is 3.94. The Morgan fingerprint density at radius 3 is 2.65 bits per heavy atom. The highest BCUT2D eigenvalue weighted by Gasteiger charge is 2.28. The van der Waals surface area contributed by atoms with Gasteiger partial charge in [0.2, 0.25) is 15.9 Å². The Labute approximate surface area is 135 Å². The van der Waals surface area contributed by atoms with Crippen LogP contribution < -0.4 is 10.0 Å². The molecule has 1 atom stereocenters. The van der Waals surface area contributed by atoms with Crippen LogP contribution in [0.15, 0.2) is 35.2 Å². The summed E-state index contributed by atoms with van der Waals surface area (Å²) in [4.78, 5) is 11.8. The molecule has 2 aromatic rings. The van der Waals surface area contributed by atoms with Crippen molar-refractivity contribution in [1.82, 2.24) is 9.29 Å². The van der Waals surface area contributed by atoms with E-state index >= 15 is 0 Å². The molecule has 1 aliphatic rings. The first-order valence-corrected chi connectivity index (χ1v) is 8.83. The molecule has 7 heteroatoms. The van der Waals surface area contributed by atoms with Gasteiger partial charge in [0, 0.05) is 24.1 Å². The van der Waals surface area contributed by atoms with Crippen LogP contribution in [0.1, 0.15) is 29.8 Å². The van der Waals surface area contributed by atoms with Gasteiger partial charge in [-0.15, -0.1) is 0 Å². The van der Waals surface area contributed by atoms with Crippen molar-refractivity contribution >= 4 is 21.6 Å². The van der Waals surface area contributed by atoms with Crippen molar-refractivity contribution in [3.05, 3.63) is 47.3 Å². The second kappa shape index (κ2) is 5.50. The van der Waals surface area contributed by atoms with Crippen LogP contribution in [-0.2, 0) is 28.4 Å². The molecule has 2 N–H and O–H groups in total. The summed E-state index contributed by atoms with van der Waals surface area (Å²) in [6, 6.07) is 8.55. The molecule has 0 fully saturated rings. The third kappa shape index (κ3) is 2.77. The minimum absolute atomic E-state index is 0.109. The van der Waals surface area contributed by atoms with E-state index in [9.17, 15) is 13.2 Å². The molecule has 1 amide bonds. The summed E-state index contributed by atoms with van der Waals surface area (Å²) in [5, 5.41) is 2.74. The molecule has 1 aromatic carbocycles. The maximum absolute atomic E-state index is 12.5. The van der Waals surface area contributed by atoms with Gasteiger partial charge in [-0.1, -0.05) is 0 Å². The standard InChI is InChI=1S/C16H19N3O3S/c1-10-4-5-12(19(10)3)9-17-23(21,22)13-6-7-15-14(8-13)11(2)16(20)18-15/h4-8,11,17H,9H2,1-3H3,(H,18,20)/t11-/m1/s1. The number of nitrogens with one attached hydrogen (secondary N) is 2. The number of fused-ring (bicyclic) bond motifs is 1. The number of hydrogen-bond donors (Lipinski definition) is 2. The van der Waals surface area contributed by atoms with E-state index in [0.717, 1.165) is 11.4 Å². The number of sulfonamides is 1. The van der Waals surface area contributed by atoms with Crippen LogP contribution in [0.3, 0.4) is 0 Å². The van der Waals surface area contributed by atoms with Gasteiger partial charge in [-0.05, 0) is 49.7 Å². The summed E-state index contributed by atoms with van der Waals surface area (Å²) >= 11 is 0. The van der Waals surface area contributed by atoms with Gasteiger partial charge in [-0.3, -0.25) is 4.79 Å².